The van der Waals surface area contributed by atoms with Crippen molar-refractivity contribution >= 4 is 5.69 Å². The summed E-state index contributed by atoms with van der Waals surface area (Å²) in [5, 5.41) is 10.6. The molecular formula is C15H23NO. The highest BCUT2D eigenvalue weighted by atomic mass is 16.3. The molecule has 0 amide bonds. The van der Waals surface area contributed by atoms with E-state index in [0.29, 0.717) is 12.0 Å². The van der Waals surface area contributed by atoms with Crippen LogP contribution in [0.3, 0.4) is 0 Å². The summed E-state index contributed by atoms with van der Waals surface area (Å²) >= 11 is 0. The number of piperidine rings is 1. The van der Waals surface area contributed by atoms with E-state index in [-0.39, 0.29) is 0 Å². The van der Waals surface area contributed by atoms with Gasteiger partial charge in [-0.25, -0.2) is 0 Å². The molecule has 3 unspecified atom stereocenters. The van der Waals surface area contributed by atoms with Crippen LogP contribution in [-0.4, -0.2) is 23.3 Å². The van der Waals surface area contributed by atoms with Crippen molar-refractivity contribution in [2.24, 2.45) is 5.92 Å². The molecule has 0 saturated carbocycles. The van der Waals surface area contributed by atoms with Gasteiger partial charge in [-0.05, 0) is 31.9 Å². The van der Waals surface area contributed by atoms with Crippen LogP contribution >= 0.6 is 0 Å². The molecule has 0 aliphatic carbocycles. The van der Waals surface area contributed by atoms with Crippen LogP contribution in [-0.2, 0) is 0 Å². The molecular weight excluding hydrogens is 210 g/mol. The van der Waals surface area contributed by atoms with E-state index in [9.17, 15) is 5.11 Å². The average molecular weight is 233 g/mol. The molecule has 0 spiro atoms. The van der Waals surface area contributed by atoms with E-state index in [1.54, 1.807) is 0 Å². The number of nitrogens with zero attached hydrogens (tertiary/aromatic N) is 1. The Morgan fingerprint density at radius 3 is 2.53 bits per heavy atom. The normalized spacial score (nSPS) is 33.8. The molecule has 1 aliphatic rings. The zero-order valence-electron chi connectivity index (χ0n) is 11.1. The molecule has 0 bridgehead atoms. The standard InChI is InChI=1S/C15H23NO/c1-4-15(17)10-13(3)16(11-12(15)2)14-8-6-5-7-9-14/h5-9,12-13,17H,4,10-11H2,1-3H3. The summed E-state index contributed by atoms with van der Waals surface area (Å²) in [6.07, 6.45) is 1.71. The van der Waals surface area contributed by atoms with Gasteiger partial charge in [-0.3, -0.25) is 0 Å². The minimum atomic E-state index is -0.481. The van der Waals surface area contributed by atoms with Gasteiger partial charge in [0.25, 0.3) is 0 Å². The lowest BCUT2D eigenvalue weighted by atomic mass is 9.77. The number of hydrogen-bond donors (Lipinski definition) is 1. The highest BCUT2D eigenvalue weighted by Gasteiger charge is 2.40. The zero-order valence-corrected chi connectivity index (χ0v) is 11.1. The number of rotatable bonds is 2. The van der Waals surface area contributed by atoms with Gasteiger partial charge >= 0.3 is 0 Å². The maximum absolute atomic E-state index is 10.6. The Kier molecular flexibility index (Phi) is 3.43. The summed E-state index contributed by atoms with van der Waals surface area (Å²) in [7, 11) is 0. The van der Waals surface area contributed by atoms with E-state index in [1.807, 2.05) is 6.07 Å². The number of benzene rings is 1. The van der Waals surface area contributed by atoms with Crippen molar-refractivity contribution in [3.8, 4) is 0 Å². The third-order valence-electron chi connectivity index (χ3n) is 4.27. The first-order chi connectivity index (χ1) is 8.07. The second-order valence-electron chi connectivity index (χ2n) is 5.40. The average Bonchev–Trinajstić information content (AvgIpc) is 2.35. The Hall–Kier alpha value is -1.02. The lowest BCUT2D eigenvalue weighted by molar-refractivity contribution is -0.0397. The van der Waals surface area contributed by atoms with Gasteiger partial charge in [0.15, 0.2) is 0 Å². The van der Waals surface area contributed by atoms with Gasteiger partial charge < -0.3 is 10.0 Å². The predicted octanol–water partition coefficient (Wildman–Crippen LogP) is 3.06. The maximum Gasteiger partial charge on any atom is 0.0706 e. The summed E-state index contributed by atoms with van der Waals surface area (Å²) < 4.78 is 0. The number of hydrogen-bond acceptors (Lipinski definition) is 2. The van der Waals surface area contributed by atoms with Gasteiger partial charge in [0.1, 0.15) is 0 Å². The smallest absolute Gasteiger partial charge is 0.0706 e. The molecule has 2 nitrogen and oxygen atoms in total. The number of anilines is 1. The Bertz CT molecular complexity index is 364. The van der Waals surface area contributed by atoms with Crippen LogP contribution in [0.5, 0.6) is 0 Å². The van der Waals surface area contributed by atoms with E-state index in [1.165, 1.54) is 5.69 Å². The number of para-hydroxylation sites is 1. The Morgan fingerprint density at radius 1 is 1.29 bits per heavy atom. The van der Waals surface area contributed by atoms with Gasteiger partial charge in [-0.1, -0.05) is 32.0 Å². The van der Waals surface area contributed by atoms with E-state index in [0.717, 1.165) is 19.4 Å². The fraction of sp³-hybridized carbons (Fsp3) is 0.600. The molecule has 1 aromatic rings. The number of aliphatic hydroxyl groups is 1. The van der Waals surface area contributed by atoms with Gasteiger partial charge in [0, 0.05) is 24.2 Å². The molecule has 1 aliphatic heterocycles. The third-order valence-corrected chi connectivity index (χ3v) is 4.27. The monoisotopic (exact) mass is 233 g/mol. The molecule has 0 aromatic heterocycles. The molecule has 2 heteroatoms. The largest absolute Gasteiger partial charge is 0.389 e. The summed E-state index contributed by atoms with van der Waals surface area (Å²) in [5.74, 6) is 0.323. The van der Waals surface area contributed by atoms with Crippen LogP contribution in [0.2, 0.25) is 0 Å². The second kappa shape index (κ2) is 4.69. The van der Waals surface area contributed by atoms with Crippen molar-refractivity contribution < 1.29 is 5.11 Å². The van der Waals surface area contributed by atoms with Crippen LogP contribution in [0.25, 0.3) is 0 Å². The Balaban J connectivity index is 2.19. The molecule has 1 saturated heterocycles. The van der Waals surface area contributed by atoms with Crippen molar-refractivity contribution in [2.45, 2.75) is 45.3 Å². The van der Waals surface area contributed by atoms with Crippen molar-refractivity contribution in [1.82, 2.24) is 0 Å². The van der Waals surface area contributed by atoms with Crippen molar-refractivity contribution in [3.63, 3.8) is 0 Å². The van der Waals surface area contributed by atoms with Gasteiger partial charge in [0.2, 0.25) is 0 Å². The highest BCUT2D eigenvalue weighted by molar-refractivity contribution is 5.47. The minimum absolute atomic E-state index is 0.323. The fourth-order valence-electron chi connectivity index (χ4n) is 2.94. The van der Waals surface area contributed by atoms with Crippen LogP contribution in [0.4, 0.5) is 5.69 Å². The summed E-state index contributed by atoms with van der Waals surface area (Å²) in [4.78, 5) is 2.41. The lowest BCUT2D eigenvalue weighted by Gasteiger charge is -2.47. The molecule has 1 N–H and O–H groups in total. The fourth-order valence-corrected chi connectivity index (χ4v) is 2.94. The van der Waals surface area contributed by atoms with E-state index in [2.05, 4.69) is 49.9 Å². The van der Waals surface area contributed by atoms with Crippen LogP contribution in [0, 0.1) is 5.92 Å². The second-order valence-corrected chi connectivity index (χ2v) is 5.40. The van der Waals surface area contributed by atoms with Gasteiger partial charge in [-0.2, -0.15) is 0 Å². The van der Waals surface area contributed by atoms with Crippen LogP contribution < -0.4 is 4.90 Å². The molecule has 17 heavy (non-hydrogen) atoms. The Labute approximate surface area is 104 Å². The third kappa shape index (κ3) is 2.32. The van der Waals surface area contributed by atoms with Crippen molar-refractivity contribution in [3.05, 3.63) is 30.3 Å². The van der Waals surface area contributed by atoms with Crippen molar-refractivity contribution in [2.75, 3.05) is 11.4 Å². The van der Waals surface area contributed by atoms with Gasteiger partial charge in [0.05, 0.1) is 5.60 Å². The first-order valence-corrected chi connectivity index (χ1v) is 6.61. The summed E-state index contributed by atoms with van der Waals surface area (Å²) in [6.45, 7) is 7.39. The van der Waals surface area contributed by atoms with Crippen LogP contribution in [0.1, 0.15) is 33.6 Å². The topological polar surface area (TPSA) is 23.5 Å². The first-order valence-electron chi connectivity index (χ1n) is 6.61. The lowest BCUT2D eigenvalue weighted by Crippen LogP contribution is -2.54. The van der Waals surface area contributed by atoms with E-state index in [4.69, 9.17) is 0 Å². The zero-order chi connectivity index (χ0) is 12.5. The van der Waals surface area contributed by atoms with E-state index >= 15 is 0 Å². The molecule has 1 heterocycles. The molecule has 1 aromatic carbocycles. The SMILES string of the molecule is CCC1(O)CC(C)N(c2ccccc2)CC1C. The summed E-state index contributed by atoms with van der Waals surface area (Å²) in [5.41, 5.74) is 0.787. The molecule has 2 rings (SSSR count). The molecule has 3 atom stereocenters. The van der Waals surface area contributed by atoms with E-state index < -0.39 is 5.60 Å². The molecule has 94 valence electrons. The molecule has 1 fully saturated rings. The van der Waals surface area contributed by atoms with Gasteiger partial charge in [-0.15, -0.1) is 0 Å². The predicted molar refractivity (Wildman–Crippen MR) is 72.3 cm³/mol. The first kappa shape index (κ1) is 12.4. The summed E-state index contributed by atoms with van der Waals surface area (Å²) in [6, 6.07) is 10.9. The quantitative estimate of drug-likeness (QED) is 0.848. The molecule has 0 radical (unpaired) electrons. The minimum Gasteiger partial charge on any atom is -0.389 e. The van der Waals surface area contributed by atoms with Crippen molar-refractivity contribution in [1.29, 1.82) is 0 Å². The Morgan fingerprint density at radius 2 is 1.94 bits per heavy atom. The van der Waals surface area contributed by atoms with Crippen LogP contribution in [0.15, 0.2) is 30.3 Å². The highest BCUT2D eigenvalue weighted by Crippen LogP contribution is 2.36. The maximum atomic E-state index is 10.6.